The molecule has 3 aromatic carbocycles. The van der Waals surface area contributed by atoms with E-state index in [-0.39, 0.29) is 30.2 Å². The number of nitrogens with one attached hydrogen (secondary N) is 1. The molecule has 10 nitrogen and oxygen atoms in total. The minimum atomic E-state index is -0.248. The number of benzene rings is 3. The number of ether oxygens (including phenoxy) is 2. The molecule has 3 heterocycles. The van der Waals surface area contributed by atoms with Gasteiger partial charge in [0.05, 0.1) is 43.1 Å². The van der Waals surface area contributed by atoms with Gasteiger partial charge in [0.25, 0.3) is 11.8 Å². The van der Waals surface area contributed by atoms with Gasteiger partial charge in [0.15, 0.2) is 11.0 Å². The summed E-state index contributed by atoms with van der Waals surface area (Å²) >= 11 is 2.88. The fourth-order valence-electron chi connectivity index (χ4n) is 4.96. The number of rotatable bonds is 11. The molecule has 228 valence electrons. The summed E-state index contributed by atoms with van der Waals surface area (Å²) < 4.78 is 12.4. The minimum absolute atomic E-state index is 0.0943. The Hall–Kier alpha value is -4.94. The standard InChI is InChI=1S/C33H30N6O4S2/c1-42-25-14-10-22(11-15-25)28-19-27(29-9-6-18-44-29)37-39(28)31(40)21-45-33-36-35-30(38(33)24-7-4-3-5-8-24)20-34-32(41)23-12-16-26(43-2)17-13-23/h3-18,28H,19-21H2,1-2H3,(H,34,41). The molecule has 6 rings (SSSR count). The topological polar surface area (TPSA) is 111 Å². The van der Waals surface area contributed by atoms with Crippen molar-refractivity contribution in [3.05, 3.63) is 118 Å². The maximum Gasteiger partial charge on any atom is 0.253 e. The third kappa shape index (κ3) is 6.76. The first-order valence-electron chi connectivity index (χ1n) is 14.2. The second kappa shape index (κ2) is 13.8. The van der Waals surface area contributed by atoms with Gasteiger partial charge in [0.1, 0.15) is 11.5 Å². The second-order valence-electron chi connectivity index (χ2n) is 10.0. The molecule has 12 heteroatoms. The number of carbonyl (C=O) groups is 2. The molecular formula is C33H30N6O4S2. The Kier molecular flexibility index (Phi) is 9.22. The van der Waals surface area contributed by atoms with Gasteiger partial charge in [0.2, 0.25) is 0 Å². The molecule has 1 unspecified atom stereocenters. The lowest BCUT2D eigenvalue weighted by atomic mass is 10.0. The van der Waals surface area contributed by atoms with Crippen LogP contribution < -0.4 is 14.8 Å². The third-order valence-electron chi connectivity index (χ3n) is 7.27. The van der Waals surface area contributed by atoms with Gasteiger partial charge in [-0.05, 0) is 65.5 Å². The van der Waals surface area contributed by atoms with E-state index >= 15 is 0 Å². The fourth-order valence-corrected chi connectivity index (χ4v) is 6.50. The lowest BCUT2D eigenvalue weighted by Gasteiger charge is -2.22. The van der Waals surface area contributed by atoms with Crippen LogP contribution in [0, 0.1) is 0 Å². The lowest BCUT2D eigenvalue weighted by molar-refractivity contribution is -0.130. The van der Waals surface area contributed by atoms with Gasteiger partial charge in [-0.3, -0.25) is 14.2 Å². The molecule has 1 aliphatic rings. The SMILES string of the molecule is COc1ccc(C(=O)NCc2nnc(SCC(=O)N3N=C(c4cccs4)CC3c3ccc(OC)cc3)n2-c2ccccc2)cc1. The molecule has 0 saturated heterocycles. The van der Waals surface area contributed by atoms with Crippen molar-refractivity contribution in [1.29, 1.82) is 0 Å². The highest BCUT2D eigenvalue weighted by Crippen LogP contribution is 2.35. The number of thiophene rings is 1. The highest BCUT2D eigenvalue weighted by molar-refractivity contribution is 7.99. The van der Waals surface area contributed by atoms with E-state index < -0.39 is 0 Å². The number of hydrogen-bond donors (Lipinski definition) is 1. The van der Waals surface area contributed by atoms with Crippen molar-refractivity contribution in [1.82, 2.24) is 25.1 Å². The van der Waals surface area contributed by atoms with Gasteiger partial charge in [-0.1, -0.05) is 48.2 Å². The molecule has 2 aromatic heterocycles. The van der Waals surface area contributed by atoms with E-state index in [1.54, 1.807) is 54.8 Å². The fraction of sp³-hybridized carbons (Fsp3) is 0.182. The Bertz CT molecular complexity index is 1790. The van der Waals surface area contributed by atoms with E-state index in [4.69, 9.17) is 14.6 Å². The van der Waals surface area contributed by atoms with E-state index in [9.17, 15) is 9.59 Å². The van der Waals surface area contributed by atoms with Crippen LogP contribution in [0.15, 0.2) is 107 Å². The number of nitrogens with zero attached hydrogens (tertiary/aromatic N) is 5. The molecule has 5 aromatic rings. The van der Waals surface area contributed by atoms with Crippen LogP contribution in [0.4, 0.5) is 0 Å². The molecule has 1 atom stereocenters. The van der Waals surface area contributed by atoms with Crippen LogP contribution in [0.2, 0.25) is 0 Å². The number of thioether (sulfide) groups is 1. The summed E-state index contributed by atoms with van der Waals surface area (Å²) in [6.45, 7) is 0.140. The van der Waals surface area contributed by atoms with Crippen molar-refractivity contribution in [3.63, 3.8) is 0 Å². The third-order valence-corrected chi connectivity index (χ3v) is 9.10. The van der Waals surface area contributed by atoms with Crippen molar-refractivity contribution in [3.8, 4) is 17.2 Å². The molecular weight excluding hydrogens is 609 g/mol. The van der Waals surface area contributed by atoms with Crippen LogP contribution in [0.25, 0.3) is 5.69 Å². The number of para-hydroxylation sites is 1. The van der Waals surface area contributed by atoms with Crippen molar-refractivity contribution >= 4 is 40.6 Å². The summed E-state index contributed by atoms with van der Waals surface area (Å²) in [5, 5.41) is 20.6. The van der Waals surface area contributed by atoms with Crippen LogP contribution in [0.5, 0.6) is 11.5 Å². The largest absolute Gasteiger partial charge is 0.497 e. The van der Waals surface area contributed by atoms with Crippen molar-refractivity contribution in [2.45, 2.75) is 24.2 Å². The number of amides is 2. The van der Waals surface area contributed by atoms with E-state index in [0.717, 1.165) is 27.6 Å². The van der Waals surface area contributed by atoms with E-state index in [1.165, 1.54) is 11.8 Å². The van der Waals surface area contributed by atoms with Crippen LogP contribution >= 0.6 is 23.1 Å². The molecule has 0 fully saturated rings. The Morgan fingerprint density at radius 1 is 0.911 bits per heavy atom. The number of hydrogen-bond acceptors (Lipinski definition) is 9. The van der Waals surface area contributed by atoms with Gasteiger partial charge in [0, 0.05) is 17.7 Å². The summed E-state index contributed by atoms with van der Waals surface area (Å²) in [4.78, 5) is 27.7. The van der Waals surface area contributed by atoms with Gasteiger partial charge in [-0.25, -0.2) is 5.01 Å². The second-order valence-corrected chi connectivity index (χ2v) is 11.9. The van der Waals surface area contributed by atoms with Gasteiger partial charge in [-0.15, -0.1) is 21.5 Å². The van der Waals surface area contributed by atoms with Crippen LogP contribution in [0.1, 0.15) is 39.1 Å². The predicted octanol–water partition coefficient (Wildman–Crippen LogP) is 5.75. The van der Waals surface area contributed by atoms with E-state index in [2.05, 4.69) is 15.5 Å². The number of aromatic nitrogens is 3. The van der Waals surface area contributed by atoms with E-state index in [1.807, 2.05) is 76.7 Å². The maximum absolute atomic E-state index is 13.8. The molecule has 0 saturated carbocycles. The Morgan fingerprint density at radius 3 is 2.29 bits per heavy atom. The zero-order valence-corrected chi connectivity index (χ0v) is 26.3. The highest BCUT2D eigenvalue weighted by atomic mass is 32.2. The Labute approximate surface area is 268 Å². The van der Waals surface area contributed by atoms with Crippen molar-refractivity contribution in [2.75, 3.05) is 20.0 Å². The smallest absolute Gasteiger partial charge is 0.253 e. The molecule has 1 N–H and O–H groups in total. The number of methoxy groups -OCH3 is 2. The molecule has 1 aliphatic heterocycles. The normalized spacial score (nSPS) is 14.2. The van der Waals surface area contributed by atoms with Crippen LogP contribution in [0.3, 0.4) is 0 Å². The summed E-state index contributed by atoms with van der Waals surface area (Å²) in [6, 6.07) is 28.0. The Morgan fingerprint density at radius 2 is 1.62 bits per heavy atom. The molecule has 2 amide bonds. The number of carbonyl (C=O) groups excluding carboxylic acids is 2. The van der Waals surface area contributed by atoms with Crippen molar-refractivity contribution in [2.24, 2.45) is 5.10 Å². The van der Waals surface area contributed by atoms with Crippen molar-refractivity contribution < 1.29 is 19.1 Å². The lowest BCUT2D eigenvalue weighted by Crippen LogP contribution is -2.28. The molecule has 45 heavy (non-hydrogen) atoms. The first-order valence-corrected chi connectivity index (χ1v) is 16.0. The first kappa shape index (κ1) is 30.1. The zero-order chi connectivity index (χ0) is 31.2. The quantitative estimate of drug-likeness (QED) is 0.184. The molecule has 0 radical (unpaired) electrons. The predicted molar refractivity (Wildman–Crippen MR) is 174 cm³/mol. The monoisotopic (exact) mass is 638 g/mol. The van der Waals surface area contributed by atoms with Crippen LogP contribution in [-0.4, -0.2) is 57.3 Å². The Balaban J connectivity index is 1.21. The minimum Gasteiger partial charge on any atom is -0.497 e. The molecule has 0 bridgehead atoms. The highest BCUT2D eigenvalue weighted by Gasteiger charge is 2.33. The average molecular weight is 639 g/mol. The summed E-state index contributed by atoms with van der Waals surface area (Å²) in [5.41, 5.74) is 3.18. The molecule has 0 spiro atoms. The van der Waals surface area contributed by atoms with Crippen LogP contribution in [-0.2, 0) is 11.3 Å². The zero-order valence-electron chi connectivity index (χ0n) is 24.6. The van der Waals surface area contributed by atoms with Gasteiger partial charge < -0.3 is 14.8 Å². The van der Waals surface area contributed by atoms with Gasteiger partial charge in [-0.2, -0.15) is 5.10 Å². The van der Waals surface area contributed by atoms with E-state index in [0.29, 0.717) is 28.7 Å². The number of hydrazone groups is 1. The summed E-state index contributed by atoms with van der Waals surface area (Å²) in [6.07, 6.45) is 0.613. The average Bonchev–Trinajstić information content (AvgIpc) is 3.87. The first-order chi connectivity index (χ1) is 22.0. The van der Waals surface area contributed by atoms with Gasteiger partial charge >= 0.3 is 0 Å². The summed E-state index contributed by atoms with van der Waals surface area (Å²) in [5.74, 6) is 1.65. The maximum atomic E-state index is 13.8. The summed E-state index contributed by atoms with van der Waals surface area (Å²) in [7, 11) is 3.21. The molecule has 0 aliphatic carbocycles.